The monoisotopic (exact) mass is 369 g/mol. The molecule has 3 rings (SSSR count). The average Bonchev–Trinajstić information content (AvgIpc) is 2.90. The topological polar surface area (TPSA) is 85.7 Å². The van der Waals surface area contributed by atoms with Crippen LogP contribution in [-0.4, -0.2) is 14.7 Å². The van der Waals surface area contributed by atoms with Crippen LogP contribution in [0.3, 0.4) is 0 Å². The molecule has 0 atom stereocenters. The van der Waals surface area contributed by atoms with Crippen molar-refractivity contribution in [2.24, 2.45) is 10.2 Å². The predicted molar refractivity (Wildman–Crippen MR) is 100 cm³/mol. The normalized spacial score (nSPS) is 11.2. The van der Waals surface area contributed by atoms with Gasteiger partial charge in [0.2, 0.25) is 0 Å². The van der Waals surface area contributed by atoms with Crippen LogP contribution in [0.25, 0.3) is 5.69 Å². The number of nitro groups is 1. The highest BCUT2D eigenvalue weighted by atomic mass is 35.5. The summed E-state index contributed by atoms with van der Waals surface area (Å²) in [5, 5.41) is 24.4. The van der Waals surface area contributed by atoms with E-state index in [0.717, 1.165) is 16.9 Å². The van der Waals surface area contributed by atoms with E-state index < -0.39 is 4.92 Å². The summed E-state index contributed by atoms with van der Waals surface area (Å²) >= 11 is 6.21. The number of aromatic nitrogens is 2. The smallest absolute Gasteiger partial charge is 0.258 e. The van der Waals surface area contributed by atoms with Gasteiger partial charge in [-0.3, -0.25) is 10.1 Å². The third kappa shape index (κ3) is 3.48. The van der Waals surface area contributed by atoms with E-state index in [2.05, 4.69) is 15.3 Å². The summed E-state index contributed by atoms with van der Waals surface area (Å²) in [6, 6.07) is 11.7. The second-order valence-electron chi connectivity index (χ2n) is 5.84. The second-order valence-corrected chi connectivity index (χ2v) is 6.25. The van der Waals surface area contributed by atoms with Crippen molar-refractivity contribution in [1.29, 1.82) is 0 Å². The van der Waals surface area contributed by atoms with Gasteiger partial charge in [0.15, 0.2) is 0 Å². The molecule has 3 aromatic rings. The van der Waals surface area contributed by atoms with Crippen LogP contribution in [0, 0.1) is 30.9 Å². The SMILES string of the molecule is Cc1ccc(-n2nc(C)c(N=Nc3cccc([N+](=O)[O-])c3)c2C)cc1Cl. The Bertz CT molecular complexity index is 1030. The minimum Gasteiger partial charge on any atom is -0.258 e. The molecule has 8 heteroatoms. The number of azo groups is 1. The molecule has 0 aliphatic carbocycles. The fourth-order valence-corrected chi connectivity index (χ4v) is 2.70. The lowest BCUT2D eigenvalue weighted by atomic mass is 10.2. The first kappa shape index (κ1) is 17.8. The van der Waals surface area contributed by atoms with Crippen LogP contribution in [0.4, 0.5) is 17.1 Å². The molecule has 132 valence electrons. The van der Waals surface area contributed by atoms with E-state index in [1.165, 1.54) is 12.1 Å². The zero-order chi connectivity index (χ0) is 18.8. The van der Waals surface area contributed by atoms with Crippen molar-refractivity contribution < 1.29 is 4.92 Å². The van der Waals surface area contributed by atoms with Crippen LogP contribution in [0.5, 0.6) is 0 Å². The molecule has 0 radical (unpaired) electrons. The minimum absolute atomic E-state index is 0.0279. The van der Waals surface area contributed by atoms with Gasteiger partial charge >= 0.3 is 0 Å². The Morgan fingerprint density at radius 3 is 2.58 bits per heavy atom. The Kier molecular flexibility index (Phi) is 4.81. The predicted octanol–water partition coefficient (Wildman–Crippen LogP) is 5.77. The molecule has 0 N–H and O–H groups in total. The first-order valence-electron chi connectivity index (χ1n) is 7.86. The summed E-state index contributed by atoms with van der Waals surface area (Å²) < 4.78 is 1.75. The van der Waals surface area contributed by atoms with Crippen molar-refractivity contribution in [1.82, 2.24) is 9.78 Å². The highest BCUT2D eigenvalue weighted by Crippen LogP contribution is 2.29. The van der Waals surface area contributed by atoms with Crippen LogP contribution in [0.15, 0.2) is 52.7 Å². The zero-order valence-corrected chi connectivity index (χ0v) is 15.2. The average molecular weight is 370 g/mol. The van der Waals surface area contributed by atoms with Gasteiger partial charge in [0.25, 0.3) is 5.69 Å². The van der Waals surface area contributed by atoms with E-state index >= 15 is 0 Å². The van der Waals surface area contributed by atoms with Gasteiger partial charge in [-0.2, -0.15) is 10.2 Å². The van der Waals surface area contributed by atoms with Crippen molar-refractivity contribution in [3.8, 4) is 5.69 Å². The summed E-state index contributed by atoms with van der Waals surface area (Å²) in [7, 11) is 0. The summed E-state index contributed by atoms with van der Waals surface area (Å²) in [4.78, 5) is 10.4. The molecule has 26 heavy (non-hydrogen) atoms. The van der Waals surface area contributed by atoms with Crippen LogP contribution in [0.1, 0.15) is 17.0 Å². The molecule has 0 amide bonds. The molecular weight excluding hydrogens is 354 g/mol. The molecular formula is C18H16ClN5O2. The first-order valence-corrected chi connectivity index (χ1v) is 8.23. The standard InChI is InChI=1S/C18H16ClN5O2/c1-11-7-8-15(10-17(11)19)23-13(3)18(12(2)22-23)21-20-14-5-4-6-16(9-14)24(25)26/h4-10H,1-3H3. The molecule has 0 aliphatic rings. The van der Waals surface area contributed by atoms with Gasteiger partial charge in [0, 0.05) is 17.2 Å². The summed E-state index contributed by atoms with van der Waals surface area (Å²) in [5.74, 6) is 0. The molecule has 0 unspecified atom stereocenters. The summed E-state index contributed by atoms with van der Waals surface area (Å²) in [6.45, 7) is 5.66. The van der Waals surface area contributed by atoms with Crippen molar-refractivity contribution in [3.63, 3.8) is 0 Å². The maximum Gasteiger partial charge on any atom is 0.271 e. The van der Waals surface area contributed by atoms with Crippen LogP contribution in [-0.2, 0) is 0 Å². The lowest BCUT2D eigenvalue weighted by molar-refractivity contribution is -0.384. The highest BCUT2D eigenvalue weighted by Gasteiger charge is 2.13. The van der Waals surface area contributed by atoms with Crippen molar-refractivity contribution in [2.75, 3.05) is 0 Å². The molecule has 0 aliphatic heterocycles. The molecule has 7 nitrogen and oxygen atoms in total. The molecule has 0 saturated carbocycles. The largest absolute Gasteiger partial charge is 0.271 e. The number of non-ortho nitro benzene ring substituents is 1. The Morgan fingerprint density at radius 2 is 1.88 bits per heavy atom. The van der Waals surface area contributed by atoms with E-state index in [1.807, 2.05) is 39.0 Å². The summed E-state index contributed by atoms with van der Waals surface area (Å²) in [5.41, 5.74) is 4.32. The maximum atomic E-state index is 10.9. The lowest BCUT2D eigenvalue weighted by Crippen LogP contribution is -1.99. The van der Waals surface area contributed by atoms with Gasteiger partial charge in [-0.05, 0) is 44.5 Å². The van der Waals surface area contributed by atoms with E-state index in [0.29, 0.717) is 22.1 Å². The second kappa shape index (κ2) is 7.05. The molecule has 0 spiro atoms. The number of benzene rings is 2. The third-order valence-corrected chi connectivity index (χ3v) is 4.37. The number of rotatable bonds is 4. The number of nitro benzene ring substituents is 1. The maximum absolute atomic E-state index is 10.9. The molecule has 0 bridgehead atoms. The van der Waals surface area contributed by atoms with Gasteiger partial charge in [-0.1, -0.05) is 23.7 Å². The summed E-state index contributed by atoms with van der Waals surface area (Å²) in [6.07, 6.45) is 0. The number of hydrogen-bond acceptors (Lipinski definition) is 5. The van der Waals surface area contributed by atoms with Crippen molar-refractivity contribution in [3.05, 3.63) is 74.6 Å². The van der Waals surface area contributed by atoms with Crippen molar-refractivity contribution in [2.45, 2.75) is 20.8 Å². The van der Waals surface area contributed by atoms with Gasteiger partial charge in [0.05, 0.1) is 27.7 Å². The van der Waals surface area contributed by atoms with E-state index in [4.69, 9.17) is 11.6 Å². The van der Waals surface area contributed by atoms with E-state index in [9.17, 15) is 10.1 Å². The zero-order valence-electron chi connectivity index (χ0n) is 14.5. The Hall–Kier alpha value is -3.06. The minimum atomic E-state index is -0.464. The van der Waals surface area contributed by atoms with Gasteiger partial charge < -0.3 is 0 Å². The molecule has 0 fully saturated rings. The molecule has 1 aromatic heterocycles. The first-order chi connectivity index (χ1) is 12.4. The third-order valence-electron chi connectivity index (χ3n) is 3.96. The number of nitrogens with zero attached hydrogens (tertiary/aromatic N) is 5. The van der Waals surface area contributed by atoms with Gasteiger partial charge in [0.1, 0.15) is 5.69 Å². The van der Waals surface area contributed by atoms with Gasteiger partial charge in [-0.15, -0.1) is 5.11 Å². The Morgan fingerprint density at radius 1 is 1.12 bits per heavy atom. The van der Waals surface area contributed by atoms with Crippen molar-refractivity contribution >= 4 is 28.7 Å². The lowest BCUT2D eigenvalue weighted by Gasteiger charge is -2.06. The highest BCUT2D eigenvalue weighted by molar-refractivity contribution is 6.31. The van der Waals surface area contributed by atoms with Crippen LogP contribution >= 0.6 is 11.6 Å². The van der Waals surface area contributed by atoms with E-state index in [1.54, 1.807) is 16.8 Å². The van der Waals surface area contributed by atoms with Gasteiger partial charge in [-0.25, -0.2) is 4.68 Å². The fourth-order valence-electron chi connectivity index (χ4n) is 2.52. The quantitative estimate of drug-likeness (QED) is 0.332. The molecule has 1 heterocycles. The number of hydrogen-bond donors (Lipinski definition) is 0. The fraction of sp³-hybridized carbons (Fsp3) is 0.167. The Balaban J connectivity index is 1.97. The molecule has 2 aromatic carbocycles. The van der Waals surface area contributed by atoms with Crippen LogP contribution in [0.2, 0.25) is 5.02 Å². The van der Waals surface area contributed by atoms with E-state index in [-0.39, 0.29) is 5.69 Å². The number of halogens is 1. The molecule has 0 saturated heterocycles. The number of aryl methyl sites for hydroxylation is 2. The Labute approximate surface area is 155 Å². The van der Waals surface area contributed by atoms with Crippen LogP contribution < -0.4 is 0 Å².